The Kier molecular flexibility index (Phi) is 2.96. The van der Waals surface area contributed by atoms with E-state index in [0.717, 1.165) is 0 Å². The van der Waals surface area contributed by atoms with Crippen molar-refractivity contribution in [1.29, 1.82) is 0 Å². The number of amides is 4. The van der Waals surface area contributed by atoms with E-state index in [1.807, 2.05) is 0 Å². The minimum Gasteiger partial charge on any atom is -0.272 e. The van der Waals surface area contributed by atoms with Gasteiger partial charge in [0.25, 0.3) is 0 Å². The molecule has 0 aromatic carbocycles. The summed E-state index contributed by atoms with van der Waals surface area (Å²) >= 11 is 0. The summed E-state index contributed by atoms with van der Waals surface area (Å²) in [5.74, 6) is 0. The van der Waals surface area contributed by atoms with Gasteiger partial charge in [-0.25, -0.2) is 29.0 Å². The standard InChI is InChI=1S/C4H2B2N4O4/c11-1-7-5-9-3(13)10(4(9)14)6-8-2-12/h5-6H. The molecule has 68 valence electrons. The second-order valence-electron chi connectivity index (χ2n) is 2.20. The van der Waals surface area contributed by atoms with Gasteiger partial charge in [-0.15, -0.1) is 0 Å². The Hall–Kier alpha value is -2.17. The molecule has 1 fully saturated rings. The smallest absolute Gasteiger partial charge is 0.272 e. The molecule has 0 bridgehead atoms. The van der Waals surface area contributed by atoms with E-state index in [9.17, 15) is 19.2 Å². The second kappa shape index (κ2) is 4.18. The number of imide groups is 2. The molecule has 1 rings (SSSR count). The molecule has 0 atom stereocenters. The summed E-state index contributed by atoms with van der Waals surface area (Å²) in [6.45, 7) is 0. The van der Waals surface area contributed by atoms with Crippen molar-refractivity contribution >= 4 is 39.3 Å². The first-order chi connectivity index (χ1) is 6.72. The number of rotatable bonds is 4. The van der Waals surface area contributed by atoms with Crippen LogP contribution in [0.15, 0.2) is 9.81 Å². The highest BCUT2D eigenvalue weighted by atomic mass is 16.2. The van der Waals surface area contributed by atoms with E-state index in [1.54, 1.807) is 0 Å². The van der Waals surface area contributed by atoms with E-state index < -0.39 is 12.1 Å². The van der Waals surface area contributed by atoms with Crippen molar-refractivity contribution in [3.05, 3.63) is 0 Å². The van der Waals surface area contributed by atoms with Crippen LogP contribution in [0, 0.1) is 0 Å². The zero-order valence-corrected chi connectivity index (χ0v) is 6.84. The highest BCUT2D eigenvalue weighted by Crippen LogP contribution is 2.12. The van der Waals surface area contributed by atoms with E-state index >= 15 is 0 Å². The predicted molar refractivity (Wildman–Crippen MR) is 45.0 cm³/mol. The molecule has 0 spiro atoms. The highest BCUT2D eigenvalue weighted by molar-refractivity contribution is 6.54. The summed E-state index contributed by atoms with van der Waals surface area (Å²) in [5, 5.41) is 0. The van der Waals surface area contributed by atoms with Gasteiger partial charge in [0.1, 0.15) is 0 Å². The maximum absolute atomic E-state index is 11.0. The van der Waals surface area contributed by atoms with Gasteiger partial charge in [0, 0.05) is 0 Å². The maximum atomic E-state index is 11.0. The van der Waals surface area contributed by atoms with Gasteiger partial charge >= 0.3 is 27.2 Å². The van der Waals surface area contributed by atoms with Crippen molar-refractivity contribution in [1.82, 2.24) is 9.62 Å². The molecule has 0 radical (unpaired) electrons. The summed E-state index contributed by atoms with van der Waals surface area (Å²) in [5.41, 5.74) is 0. The summed E-state index contributed by atoms with van der Waals surface area (Å²) in [4.78, 5) is 49.0. The van der Waals surface area contributed by atoms with Crippen LogP contribution in [0.1, 0.15) is 0 Å². The van der Waals surface area contributed by atoms with Crippen molar-refractivity contribution in [3.8, 4) is 0 Å². The lowest BCUT2D eigenvalue weighted by atomic mass is 10.0. The molecule has 0 aromatic rings. The van der Waals surface area contributed by atoms with Crippen LogP contribution in [0.3, 0.4) is 0 Å². The summed E-state index contributed by atoms with van der Waals surface area (Å²) < 4.78 is 0. The molecule has 0 aromatic heterocycles. The minimum atomic E-state index is -0.659. The first kappa shape index (κ1) is 9.91. The Labute approximate surface area is 78.8 Å². The van der Waals surface area contributed by atoms with Crippen LogP contribution in [0.2, 0.25) is 0 Å². The van der Waals surface area contributed by atoms with Gasteiger partial charge in [0.2, 0.25) is 12.2 Å². The molecular weight excluding hydrogens is 190 g/mol. The van der Waals surface area contributed by atoms with Gasteiger partial charge in [0.05, 0.1) is 0 Å². The van der Waals surface area contributed by atoms with Gasteiger partial charge in [0.15, 0.2) is 0 Å². The number of nitrogens with zero attached hydrogens (tertiary/aromatic N) is 4. The summed E-state index contributed by atoms with van der Waals surface area (Å²) in [6.07, 6.45) is 2.38. The second-order valence-corrected chi connectivity index (χ2v) is 2.20. The highest BCUT2D eigenvalue weighted by Gasteiger charge is 2.43. The van der Waals surface area contributed by atoms with Crippen LogP contribution >= 0.6 is 0 Å². The van der Waals surface area contributed by atoms with Gasteiger partial charge < -0.3 is 0 Å². The third-order valence-corrected chi connectivity index (χ3v) is 1.48. The van der Waals surface area contributed by atoms with Crippen molar-refractivity contribution < 1.29 is 19.2 Å². The predicted octanol–water partition coefficient (Wildman–Crippen LogP) is -1.95. The lowest BCUT2D eigenvalue weighted by Gasteiger charge is -2.36. The quantitative estimate of drug-likeness (QED) is 0.293. The van der Waals surface area contributed by atoms with Crippen molar-refractivity contribution in [2.75, 3.05) is 0 Å². The Balaban J connectivity index is 2.56. The molecule has 10 heteroatoms. The van der Waals surface area contributed by atoms with Crippen LogP contribution in [-0.4, -0.2) is 48.9 Å². The molecule has 0 N–H and O–H groups in total. The molecule has 0 aliphatic carbocycles. The zero-order chi connectivity index (χ0) is 10.6. The van der Waals surface area contributed by atoms with E-state index in [-0.39, 0.29) is 15.1 Å². The Morgan fingerprint density at radius 3 is 1.57 bits per heavy atom. The normalized spacial score (nSPS) is 13.7. The molecule has 8 nitrogen and oxygen atoms in total. The SMILES string of the molecule is O=C=NBN1C(=O)N(BN=C=O)C1=O. The number of hydrogen-bond acceptors (Lipinski definition) is 6. The molecule has 14 heavy (non-hydrogen) atoms. The van der Waals surface area contributed by atoms with Gasteiger partial charge in [-0.1, -0.05) is 0 Å². The fourth-order valence-corrected chi connectivity index (χ4v) is 0.851. The fourth-order valence-electron chi connectivity index (χ4n) is 0.851. The number of carbonyl (C=O) groups is 2. The van der Waals surface area contributed by atoms with E-state index in [0.29, 0.717) is 9.62 Å². The van der Waals surface area contributed by atoms with Crippen molar-refractivity contribution in [3.63, 3.8) is 0 Å². The first-order valence-electron chi connectivity index (χ1n) is 3.42. The van der Waals surface area contributed by atoms with Gasteiger partial charge in [-0.2, -0.15) is 0 Å². The summed E-state index contributed by atoms with van der Waals surface area (Å²) in [6, 6.07) is -1.32. The molecule has 0 unspecified atom stereocenters. The number of isocyanates is 2. The lowest BCUT2D eigenvalue weighted by Crippen LogP contribution is -2.65. The lowest BCUT2D eigenvalue weighted by molar-refractivity contribution is 0.159. The summed E-state index contributed by atoms with van der Waals surface area (Å²) in [7, 11) is -0.717. The van der Waals surface area contributed by atoms with Crippen LogP contribution < -0.4 is 0 Å². The molecule has 1 heterocycles. The topological polar surface area (TPSA) is 99.5 Å². The minimum absolute atomic E-state index is 0.359. The van der Waals surface area contributed by atoms with Crippen LogP contribution in [-0.2, 0) is 9.59 Å². The van der Waals surface area contributed by atoms with Gasteiger partial charge in [-0.05, 0) is 0 Å². The van der Waals surface area contributed by atoms with E-state index in [4.69, 9.17) is 0 Å². The van der Waals surface area contributed by atoms with Crippen LogP contribution in [0.4, 0.5) is 9.59 Å². The van der Waals surface area contributed by atoms with Crippen LogP contribution in [0.25, 0.3) is 0 Å². The monoisotopic (exact) mass is 192 g/mol. The largest absolute Gasteiger partial charge is 0.404 e. The third kappa shape index (κ3) is 1.61. The number of urea groups is 2. The Morgan fingerprint density at radius 2 is 1.29 bits per heavy atom. The fraction of sp³-hybridized carbons (Fsp3) is 0. The van der Waals surface area contributed by atoms with Gasteiger partial charge in [-0.3, -0.25) is 9.62 Å². The zero-order valence-electron chi connectivity index (χ0n) is 6.84. The molecule has 1 saturated heterocycles. The Morgan fingerprint density at radius 1 is 0.929 bits per heavy atom. The number of carbonyl (C=O) groups excluding carboxylic acids is 4. The average Bonchev–Trinajstić information content (AvgIpc) is 2.19. The number of hydrogen-bond donors (Lipinski definition) is 0. The molecule has 1 aliphatic rings. The van der Waals surface area contributed by atoms with E-state index in [2.05, 4.69) is 9.81 Å². The molecule has 0 saturated carbocycles. The van der Waals surface area contributed by atoms with Crippen LogP contribution in [0.5, 0.6) is 0 Å². The molecule has 4 amide bonds. The maximum Gasteiger partial charge on any atom is 0.404 e. The molecular formula is C4H2B2N4O4. The first-order valence-corrected chi connectivity index (χ1v) is 3.42. The Bertz CT molecular complexity index is 324. The molecule has 1 aliphatic heterocycles. The van der Waals surface area contributed by atoms with Crippen molar-refractivity contribution in [2.45, 2.75) is 0 Å². The van der Waals surface area contributed by atoms with E-state index in [1.165, 1.54) is 12.2 Å². The average molecular weight is 192 g/mol. The van der Waals surface area contributed by atoms with Crippen molar-refractivity contribution in [2.24, 2.45) is 9.81 Å². The third-order valence-electron chi connectivity index (χ3n) is 1.48.